The highest BCUT2D eigenvalue weighted by Crippen LogP contribution is 2.30. The minimum atomic E-state index is 0. The molecule has 1 saturated carbocycles. The second-order valence-electron chi connectivity index (χ2n) is 6.51. The average molecular weight is 364 g/mol. The minimum Gasteiger partial charge on any atom is -0.314 e. The van der Waals surface area contributed by atoms with Crippen molar-refractivity contribution in [2.24, 2.45) is 5.92 Å². The molecule has 0 aromatic heterocycles. The van der Waals surface area contributed by atoms with Gasteiger partial charge in [-0.25, -0.2) is 0 Å². The van der Waals surface area contributed by atoms with Crippen molar-refractivity contribution in [3.05, 3.63) is 33.8 Å². The van der Waals surface area contributed by atoms with Crippen LogP contribution in [0.2, 0.25) is 10.0 Å². The Kier molecular flexibility index (Phi) is 6.85. The van der Waals surface area contributed by atoms with Crippen molar-refractivity contribution in [3.8, 4) is 0 Å². The van der Waals surface area contributed by atoms with Crippen molar-refractivity contribution >= 4 is 35.6 Å². The fourth-order valence-corrected chi connectivity index (χ4v) is 3.44. The number of likely N-dealkylation sites (tertiary alicyclic amines) is 1. The smallest absolute Gasteiger partial charge is 0.0595 e. The first-order valence-corrected chi connectivity index (χ1v) is 8.81. The first kappa shape index (κ1) is 18.4. The van der Waals surface area contributed by atoms with Crippen LogP contribution >= 0.6 is 35.6 Å². The van der Waals surface area contributed by atoms with Gasteiger partial charge in [-0.15, -0.1) is 12.4 Å². The summed E-state index contributed by atoms with van der Waals surface area (Å²) in [7, 11) is 0. The number of hydrogen-bond donors (Lipinski definition) is 1. The van der Waals surface area contributed by atoms with Gasteiger partial charge < -0.3 is 5.32 Å². The molecule has 1 N–H and O–H groups in total. The number of nitrogens with one attached hydrogen (secondary N) is 1. The summed E-state index contributed by atoms with van der Waals surface area (Å²) in [5.41, 5.74) is 1.26. The van der Waals surface area contributed by atoms with E-state index in [1.54, 1.807) is 0 Å². The molecule has 0 amide bonds. The third-order valence-electron chi connectivity index (χ3n) is 4.90. The summed E-state index contributed by atoms with van der Waals surface area (Å²) in [5.74, 6) is 0.971. The van der Waals surface area contributed by atoms with Crippen LogP contribution in [0.1, 0.15) is 44.2 Å². The van der Waals surface area contributed by atoms with E-state index in [-0.39, 0.29) is 12.4 Å². The fraction of sp³-hybridized carbons (Fsp3) is 0.647. The number of hydrogen-bond acceptors (Lipinski definition) is 2. The van der Waals surface area contributed by atoms with Gasteiger partial charge in [-0.3, -0.25) is 4.90 Å². The van der Waals surface area contributed by atoms with Crippen LogP contribution in [-0.4, -0.2) is 30.6 Å². The van der Waals surface area contributed by atoms with Gasteiger partial charge in [-0.2, -0.15) is 0 Å². The zero-order valence-corrected chi connectivity index (χ0v) is 15.4. The number of halogens is 3. The first-order chi connectivity index (χ1) is 10.1. The third kappa shape index (κ3) is 4.75. The molecule has 1 aromatic rings. The summed E-state index contributed by atoms with van der Waals surface area (Å²) in [4.78, 5) is 2.55. The highest BCUT2D eigenvalue weighted by atomic mass is 35.5. The maximum Gasteiger partial charge on any atom is 0.0595 e. The van der Waals surface area contributed by atoms with Gasteiger partial charge in [0.15, 0.2) is 0 Å². The molecular formula is C17H25Cl3N2. The normalized spacial score (nSPS) is 21.4. The molecule has 22 heavy (non-hydrogen) atoms. The molecule has 124 valence electrons. The Morgan fingerprint density at radius 3 is 2.41 bits per heavy atom. The van der Waals surface area contributed by atoms with Gasteiger partial charge in [0.1, 0.15) is 0 Å². The molecule has 1 atom stereocenters. The molecule has 1 aliphatic heterocycles. The van der Waals surface area contributed by atoms with Crippen molar-refractivity contribution < 1.29 is 0 Å². The largest absolute Gasteiger partial charge is 0.314 e. The zero-order valence-electron chi connectivity index (χ0n) is 13.0. The number of piperidine rings is 1. The van der Waals surface area contributed by atoms with Gasteiger partial charge in [0.2, 0.25) is 0 Å². The van der Waals surface area contributed by atoms with Gasteiger partial charge >= 0.3 is 0 Å². The van der Waals surface area contributed by atoms with E-state index in [4.69, 9.17) is 23.2 Å². The molecular weight excluding hydrogens is 339 g/mol. The SMILES string of the molecule is CC(c1ccc(Cl)c(Cl)c1)N1CCC(NCC2CC2)CC1.Cl. The lowest BCUT2D eigenvalue weighted by Crippen LogP contribution is -2.43. The van der Waals surface area contributed by atoms with Crippen molar-refractivity contribution in [2.75, 3.05) is 19.6 Å². The van der Waals surface area contributed by atoms with E-state index >= 15 is 0 Å². The Morgan fingerprint density at radius 1 is 1.14 bits per heavy atom. The standard InChI is InChI=1S/C17H24Cl2N2.ClH/c1-12(14-4-5-16(18)17(19)10-14)21-8-6-15(7-9-21)20-11-13-2-3-13;/h4-5,10,12-13,15,20H,2-3,6-9,11H2,1H3;1H. The van der Waals surface area contributed by atoms with Crippen LogP contribution < -0.4 is 5.32 Å². The van der Waals surface area contributed by atoms with Crippen LogP contribution in [0.25, 0.3) is 0 Å². The number of rotatable bonds is 5. The van der Waals surface area contributed by atoms with E-state index in [1.165, 1.54) is 37.8 Å². The summed E-state index contributed by atoms with van der Waals surface area (Å²) in [5, 5.41) is 5.02. The Balaban J connectivity index is 0.00000176. The summed E-state index contributed by atoms with van der Waals surface area (Å²) in [6, 6.07) is 7.12. The fourth-order valence-electron chi connectivity index (χ4n) is 3.13. The molecule has 0 spiro atoms. The van der Waals surface area contributed by atoms with E-state index < -0.39 is 0 Å². The van der Waals surface area contributed by atoms with Crippen molar-refractivity contribution in [3.63, 3.8) is 0 Å². The summed E-state index contributed by atoms with van der Waals surface area (Å²) < 4.78 is 0. The highest BCUT2D eigenvalue weighted by molar-refractivity contribution is 6.42. The molecule has 0 bridgehead atoms. The molecule has 5 heteroatoms. The quantitative estimate of drug-likeness (QED) is 0.797. The summed E-state index contributed by atoms with van der Waals surface area (Å²) in [6.07, 6.45) is 5.36. The molecule has 2 fully saturated rings. The third-order valence-corrected chi connectivity index (χ3v) is 5.63. The van der Waals surface area contributed by atoms with Crippen LogP contribution in [-0.2, 0) is 0 Å². The summed E-state index contributed by atoms with van der Waals surface area (Å²) >= 11 is 12.1. The highest BCUT2D eigenvalue weighted by Gasteiger charge is 2.26. The Labute approximate surface area is 150 Å². The average Bonchev–Trinajstić information content (AvgIpc) is 3.32. The van der Waals surface area contributed by atoms with Crippen molar-refractivity contribution in [2.45, 2.75) is 44.7 Å². The van der Waals surface area contributed by atoms with Gasteiger partial charge in [-0.05, 0) is 62.8 Å². The van der Waals surface area contributed by atoms with Crippen LogP contribution in [0.5, 0.6) is 0 Å². The van der Waals surface area contributed by atoms with Crippen LogP contribution in [0.15, 0.2) is 18.2 Å². The minimum absolute atomic E-state index is 0. The topological polar surface area (TPSA) is 15.3 Å². The first-order valence-electron chi connectivity index (χ1n) is 8.06. The van der Waals surface area contributed by atoms with Gasteiger partial charge in [0, 0.05) is 25.2 Å². The maximum atomic E-state index is 6.14. The monoisotopic (exact) mass is 362 g/mol. The predicted octanol–water partition coefficient (Wildman–Crippen LogP) is 4.94. The molecule has 1 aromatic carbocycles. The van der Waals surface area contributed by atoms with Gasteiger partial charge in [-0.1, -0.05) is 29.3 Å². The lowest BCUT2D eigenvalue weighted by atomic mass is 10.00. The van der Waals surface area contributed by atoms with E-state index in [0.29, 0.717) is 22.1 Å². The molecule has 1 saturated heterocycles. The van der Waals surface area contributed by atoms with Crippen LogP contribution in [0, 0.1) is 5.92 Å². The number of nitrogens with zero attached hydrogens (tertiary/aromatic N) is 1. The molecule has 2 nitrogen and oxygen atoms in total. The molecule has 1 unspecified atom stereocenters. The predicted molar refractivity (Wildman–Crippen MR) is 97.4 cm³/mol. The molecule has 1 aliphatic carbocycles. The summed E-state index contributed by atoms with van der Waals surface area (Å²) in [6.45, 7) is 5.80. The van der Waals surface area contributed by atoms with E-state index in [2.05, 4.69) is 23.2 Å². The maximum absolute atomic E-state index is 6.14. The Morgan fingerprint density at radius 2 is 1.82 bits per heavy atom. The van der Waals surface area contributed by atoms with E-state index in [0.717, 1.165) is 19.0 Å². The van der Waals surface area contributed by atoms with Crippen molar-refractivity contribution in [1.29, 1.82) is 0 Å². The number of benzene rings is 1. The molecule has 2 aliphatic rings. The Bertz CT molecular complexity index is 483. The van der Waals surface area contributed by atoms with Crippen LogP contribution in [0.3, 0.4) is 0 Å². The molecule has 1 heterocycles. The lowest BCUT2D eigenvalue weighted by Gasteiger charge is -2.36. The van der Waals surface area contributed by atoms with Gasteiger partial charge in [0.25, 0.3) is 0 Å². The van der Waals surface area contributed by atoms with Gasteiger partial charge in [0.05, 0.1) is 10.0 Å². The lowest BCUT2D eigenvalue weighted by molar-refractivity contribution is 0.152. The Hall–Kier alpha value is 0.01000. The molecule has 0 radical (unpaired) electrons. The zero-order chi connectivity index (χ0) is 14.8. The van der Waals surface area contributed by atoms with Crippen LogP contribution in [0.4, 0.5) is 0 Å². The van der Waals surface area contributed by atoms with E-state index in [1.807, 2.05) is 12.1 Å². The molecule has 3 rings (SSSR count). The van der Waals surface area contributed by atoms with Crippen molar-refractivity contribution in [1.82, 2.24) is 10.2 Å². The second kappa shape index (κ2) is 8.21. The second-order valence-corrected chi connectivity index (χ2v) is 7.33. The van der Waals surface area contributed by atoms with E-state index in [9.17, 15) is 0 Å².